The van der Waals surface area contributed by atoms with Crippen molar-refractivity contribution in [1.82, 2.24) is 4.90 Å². The molecule has 160 valence electrons. The Morgan fingerprint density at radius 1 is 1.03 bits per heavy atom. The van der Waals surface area contributed by atoms with E-state index >= 15 is 0 Å². The maximum atomic E-state index is 13.3. The highest BCUT2D eigenvalue weighted by Gasteiger charge is 2.32. The number of carbonyl (C=O) groups excluding carboxylic acids is 2. The Morgan fingerprint density at radius 2 is 1.90 bits per heavy atom. The zero-order chi connectivity index (χ0) is 21.5. The molecular formula is C25H26N2O4. The number of carbonyl (C=O) groups is 2. The van der Waals surface area contributed by atoms with E-state index in [-0.39, 0.29) is 11.8 Å². The maximum Gasteiger partial charge on any atom is 0.251 e. The lowest BCUT2D eigenvalue weighted by atomic mass is 10.0. The fourth-order valence-corrected chi connectivity index (χ4v) is 3.82. The first-order valence-electron chi connectivity index (χ1n) is 10.5. The fraction of sp³-hybridized carbons (Fsp3) is 0.280. The summed E-state index contributed by atoms with van der Waals surface area (Å²) in [5.74, 6) is 0.576. The molecule has 31 heavy (non-hydrogen) atoms. The molecule has 1 fully saturated rings. The highest BCUT2D eigenvalue weighted by molar-refractivity contribution is 5.98. The summed E-state index contributed by atoms with van der Waals surface area (Å²) in [4.78, 5) is 27.5. The van der Waals surface area contributed by atoms with Gasteiger partial charge in [-0.3, -0.25) is 9.59 Å². The highest BCUT2D eigenvalue weighted by Crippen LogP contribution is 2.27. The Labute approximate surface area is 181 Å². The second-order valence-corrected chi connectivity index (χ2v) is 7.62. The second kappa shape index (κ2) is 10.1. The fourth-order valence-electron chi connectivity index (χ4n) is 3.82. The molecule has 0 spiro atoms. The zero-order valence-electron chi connectivity index (χ0n) is 17.3. The van der Waals surface area contributed by atoms with E-state index in [1.807, 2.05) is 66.7 Å². The van der Waals surface area contributed by atoms with Crippen LogP contribution in [0.15, 0.2) is 77.4 Å². The molecule has 1 saturated heterocycles. The minimum Gasteiger partial charge on any atom is -0.467 e. The Kier molecular flexibility index (Phi) is 6.79. The lowest BCUT2D eigenvalue weighted by Crippen LogP contribution is -2.43. The van der Waals surface area contributed by atoms with Crippen LogP contribution in [0.25, 0.3) is 0 Å². The molecule has 0 radical (unpaired) electrons. The number of likely N-dealkylation sites (tertiary alicyclic amines) is 1. The van der Waals surface area contributed by atoms with Crippen LogP contribution < -0.4 is 5.32 Å². The molecule has 1 aromatic heterocycles. The molecule has 1 aliphatic heterocycles. The molecule has 1 atom stereocenters. The van der Waals surface area contributed by atoms with Crippen molar-refractivity contribution in [1.29, 1.82) is 0 Å². The predicted octanol–water partition coefficient (Wildman–Crippen LogP) is 4.69. The summed E-state index contributed by atoms with van der Waals surface area (Å²) >= 11 is 0. The van der Waals surface area contributed by atoms with Gasteiger partial charge < -0.3 is 19.4 Å². The van der Waals surface area contributed by atoms with E-state index in [1.54, 1.807) is 11.2 Å². The third kappa shape index (κ3) is 5.41. The van der Waals surface area contributed by atoms with Crippen molar-refractivity contribution in [3.05, 3.63) is 89.9 Å². The number of hydrogen-bond donors (Lipinski definition) is 1. The summed E-state index contributed by atoms with van der Waals surface area (Å²) in [6, 6.07) is 20.1. The van der Waals surface area contributed by atoms with Gasteiger partial charge in [-0.1, -0.05) is 42.5 Å². The van der Waals surface area contributed by atoms with Crippen molar-refractivity contribution in [2.24, 2.45) is 0 Å². The first-order chi connectivity index (χ1) is 15.2. The van der Waals surface area contributed by atoms with Gasteiger partial charge >= 0.3 is 0 Å². The summed E-state index contributed by atoms with van der Waals surface area (Å²) in [6.45, 7) is 1.38. The molecule has 2 aromatic carbocycles. The van der Waals surface area contributed by atoms with E-state index in [2.05, 4.69) is 5.32 Å². The summed E-state index contributed by atoms with van der Waals surface area (Å²) in [5, 5.41) is 3.00. The molecule has 6 heteroatoms. The average Bonchev–Trinajstić information content (AvgIpc) is 3.30. The van der Waals surface area contributed by atoms with Gasteiger partial charge in [0.1, 0.15) is 18.4 Å². The number of piperidine rings is 1. The van der Waals surface area contributed by atoms with Gasteiger partial charge in [0.2, 0.25) is 5.91 Å². The SMILES string of the molecule is O=C(Nc1cccc(COCc2ccco2)c1)C(c1ccccc1)N1CCCCC1=O. The molecule has 3 aromatic rings. The molecular weight excluding hydrogens is 392 g/mol. The van der Waals surface area contributed by atoms with Crippen molar-refractivity contribution < 1.29 is 18.7 Å². The van der Waals surface area contributed by atoms with Gasteiger partial charge in [0.25, 0.3) is 5.91 Å². The number of rotatable bonds is 8. The van der Waals surface area contributed by atoms with Crippen LogP contribution in [0, 0.1) is 0 Å². The van der Waals surface area contributed by atoms with Crippen LogP contribution in [0.3, 0.4) is 0 Å². The molecule has 6 nitrogen and oxygen atoms in total. The number of benzene rings is 2. The monoisotopic (exact) mass is 418 g/mol. The van der Waals surface area contributed by atoms with Crippen LogP contribution in [-0.4, -0.2) is 23.3 Å². The first kappa shape index (κ1) is 20.9. The first-order valence-corrected chi connectivity index (χ1v) is 10.5. The maximum absolute atomic E-state index is 13.3. The van der Waals surface area contributed by atoms with Crippen molar-refractivity contribution in [2.45, 2.75) is 38.5 Å². The molecule has 4 rings (SSSR count). The number of anilines is 1. The molecule has 0 aliphatic carbocycles. The Hall–Kier alpha value is -3.38. The van der Waals surface area contributed by atoms with E-state index in [9.17, 15) is 9.59 Å². The predicted molar refractivity (Wildman–Crippen MR) is 117 cm³/mol. The lowest BCUT2D eigenvalue weighted by molar-refractivity contribution is -0.141. The molecule has 0 saturated carbocycles. The molecule has 0 bridgehead atoms. The van der Waals surface area contributed by atoms with Crippen molar-refractivity contribution in [2.75, 3.05) is 11.9 Å². The van der Waals surface area contributed by atoms with Crippen molar-refractivity contribution in [3.8, 4) is 0 Å². The van der Waals surface area contributed by atoms with E-state index < -0.39 is 6.04 Å². The average molecular weight is 418 g/mol. The van der Waals surface area contributed by atoms with E-state index in [4.69, 9.17) is 9.15 Å². The molecule has 2 amide bonds. The Bertz CT molecular complexity index is 1000. The summed E-state index contributed by atoms with van der Waals surface area (Å²) in [5.41, 5.74) is 2.43. The zero-order valence-corrected chi connectivity index (χ0v) is 17.3. The summed E-state index contributed by atoms with van der Waals surface area (Å²) in [7, 11) is 0. The quantitative estimate of drug-likeness (QED) is 0.576. The van der Waals surface area contributed by atoms with Gasteiger partial charge in [-0.25, -0.2) is 0 Å². The highest BCUT2D eigenvalue weighted by atomic mass is 16.5. The number of amides is 2. The number of hydrogen-bond acceptors (Lipinski definition) is 4. The summed E-state index contributed by atoms with van der Waals surface area (Å²) < 4.78 is 11.0. The Morgan fingerprint density at radius 3 is 2.68 bits per heavy atom. The van der Waals surface area contributed by atoms with Crippen LogP contribution in [0.2, 0.25) is 0 Å². The van der Waals surface area contributed by atoms with Gasteiger partial charge in [-0.15, -0.1) is 0 Å². The standard InChI is InChI=1S/C25H26N2O4/c28-23-13-4-5-14-27(23)24(20-9-2-1-3-10-20)25(29)26-21-11-6-8-19(16-21)17-30-18-22-12-7-15-31-22/h1-3,6-12,15-16,24H,4-5,13-14,17-18H2,(H,26,29). The summed E-state index contributed by atoms with van der Waals surface area (Å²) in [6.07, 6.45) is 3.88. The van der Waals surface area contributed by atoms with Crippen LogP contribution in [-0.2, 0) is 27.5 Å². The largest absolute Gasteiger partial charge is 0.467 e. The van der Waals surface area contributed by atoms with Gasteiger partial charge in [-0.05, 0) is 48.2 Å². The van der Waals surface area contributed by atoms with E-state index in [0.29, 0.717) is 31.9 Å². The minimum atomic E-state index is -0.646. The molecule has 1 aliphatic rings. The van der Waals surface area contributed by atoms with Gasteiger partial charge in [-0.2, -0.15) is 0 Å². The number of furan rings is 1. The third-order valence-corrected chi connectivity index (χ3v) is 5.32. The number of ether oxygens (including phenoxy) is 1. The van der Waals surface area contributed by atoms with Crippen LogP contribution in [0.4, 0.5) is 5.69 Å². The van der Waals surface area contributed by atoms with Crippen LogP contribution in [0.5, 0.6) is 0 Å². The van der Waals surface area contributed by atoms with Gasteiger partial charge in [0, 0.05) is 18.7 Å². The van der Waals surface area contributed by atoms with Crippen LogP contribution in [0.1, 0.15) is 42.2 Å². The number of nitrogens with zero attached hydrogens (tertiary/aromatic N) is 1. The van der Waals surface area contributed by atoms with Crippen molar-refractivity contribution in [3.63, 3.8) is 0 Å². The van der Waals surface area contributed by atoms with Gasteiger partial charge in [0.05, 0.1) is 12.9 Å². The third-order valence-electron chi connectivity index (χ3n) is 5.32. The van der Waals surface area contributed by atoms with Crippen molar-refractivity contribution >= 4 is 17.5 Å². The van der Waals surface area contributed by atoms with Gasteiger partial charge in [0.15, 0.2) is 0 Å². The van der Waals surface area contributed by atoms with Crippen LogP contribution >= 0.6 is 0 Å². The topological polar surface area (TPSA) is 71.8 Å². The molecule has 2 heterocycles. The van der Waals surface area contributed by atoms with E-state index in [0.717, 1.165) is 29.7 Å². The normalized spacial score (nSPS) is 15.0. The minimum absolute atomic E-state index is 0.0235. The lowest BCUT2D eigenvalue weighted by Gasteiger charge is -2.34. The second-order valence-electron chi connectivity index (χ2n) is 7.62. The molecule has 1 unspecified atom stereocenters. The Balaban J connectivity index is 1.46. The molecule has 1 N–H and O–H groups in total. The van der Waals surface area contributed by atoms with E-state index in [1.165, 1.54) is 0 Å². The smallest absolute Gasteiger partial charge is 0.251 e. The number of nitrogens with one attached hydrogen (secondary N) is 1.